The van der Waals surface area contributed by atoms with E-state index in [0.717, 1.165) is 24.3 Å². The van der Waals surface area contributed by atoms with E-state index in [4.69, 9.17) is 0 Å². The normalized spacial score (nSPS) is 19.0. The summed E-state index contributed by atoms with van der Waals surface area (Å²) in [4.78, 5) is 14.6. The van der Waals surface area contributed by atoms with Crippen LogP contribution in [0.1, 0.15) is 23.2 Å². The molecule has 0 saturated carbocycles. The lowest BCUT2D eigenvalue weighted by molar-refractivity contribution is 0.0937. The van der Waals surface area contributed by atoms with Crippen molar-refractivity contribution in [3.63, 3.8) is 0 Å². The topological polar surface area (TPSA) is 61.0 Å². The number of aromatic nitrogens is 2. The Kier molecular flexibility index (Phi) is 4.53. The maximum atomic E-state index is 12.2. The fourth-order valence-corrected chi connectivity index (χ4v) is 3.00. The first-order valence-electron chi connectivity index (χ1n) is 7.79. The molecule has 1 aliphatic heterocycles. The molecule has 5 nitrogen and oxygen atoms in total. The standard InChI is InChI=1S/C17H22N4O/c1-21-10-2-3-13(12-21)11-18-17(22)15-6-4-14(5-7-15)16-8-9-19-20-16/h4-9,13H,2-3,10-12H2,1H3,(H,18,22)(H,19,20)/t13-/m1/s1. The molecular weight excluding hydrogens is 276 g/mol. The summed E-state index contributed by atoms with van der Waals surface area (Å²) >= 11 is 0. The summed E-state index contributed by atoms with van der Waals surface area (Å²) in [6.07, 6.45) is 4.14. The first-order chi connectivity index (χ1) is 10.7. The van der Waals surface area contributed by atoms with Gasteiger partial charge in [0, 0.05) is 24.8 Å². The van der Waals surface area contributed by atoms with Crippen molar-refractivity contribution in [2.45, 2.75) is 12.8 Å². The molecule has 116 valence electrons. The molecule has 0 radical (unpaired) electrons. The molecule has 2 N–H and O–H groups in total. The summed E-state index contributed by atoms with van der Waals surface area (Å²) in [7, 11) is 2.14. The van der Waals surface area contributed by atoms with Gasteiger partial charge in [-0.15, -0.1) is 0 Å². The van der Waals surface area contributed by atoms with Crippen molar-refractivity contribution in [1.29, 1.82) is 0 Å². The number of hydrogen-bond acceptors (Lipinski definition) is 3. The van der Waals surface area contributed by atoms with Gasteiger partial charge in [-0.05, 0) is 56.1 Å². The number of carbonyl (C=O) groups excluding carboxylic acids is 1. The van der Waals surface area contributed by atoms with Crippen molar-refractivity contribution in [3.05, 3.63) is 42.1 Å². The highest BCUT2D eigenvalue weighted by Gasteiger charge is 2.18. The zero-order valence-corrected chi connectivity index (χ0v) is 12.9. The van der Waals surface area contributed by atoms with Crippen molar-refractivity contribution < 1.29 is 4.79 Å². The second kappa shape index (κ2) is 6.75. The molecule has 2 heterocycles. The van der Waals surface area contributed by atoms with Crippen LogP contribution in [0.3, 0.4) is 0 Å². The third-order valence-corrected chi connectivity index (χ3v) is 4.23. The van der Waals surface area contributed by atoms with E-state index >= 15 is 0 Å². The SMILES string of the molecule is CN1CCC[C@H](CNC(=O)c2ccc(-c3ccn[nH]3)cc2)C1. The van der Waals surface area contributed by atoms with E-state index in [-0.39, 0.29) is 5.91 Å². The van der Waals surface area contributed by atoms with E-state index in [0.29, 0.717) is 11.5 Å². The third-order valence-electron chi connectivity index (χ3n) is 4.23. The van der Waals surface area contributed by atoms with Gasteiger partial charge in [0.15, 0.2) is 0 Å². The molecule has 0 unspecified atom stereocenters. The Bertz CT molecular complexity index is 606. The Balaban J connectivity index is 1.56. The molecule has 1 amide bonds. The Morgan fingerprint density at radius 3 is 2.86 bits per heavy atom. The number of piperidine rings is 1. The molecule has 1 aromatic heterocycles. The van der Waals surface area contributed by atoms with Crippen LogP contribution in [0.25, 0.3) is 11.3 Å². The highest BCUT2D eigenvalue weighted by molar-refractivity contribution is 5.94. The number of rotatable bonds is 4. The van der Waals surface area contributed by atoms with E-state index in [9.17, 15) is 4.79 Å². The van der Waals surface area contributed by atoms with Crippen LogP contribution >= 0.6 is 0 Å². The average molecular weight is 298 g/mol. The number of H-pyrrole nitrogens is 1. The molecule has 2 aromatic rings. The number of likely N-dealkylation sites (tertiary alicyclic amines) is 1. The molecule has 1 saturated heterocycles. The van der Waals surface area contributed by atoms with Crippen LogP contribution in [0.2, 0.25) is 0 Å². The Morgan fingerprint density at radius 2 is 2.18 bits per heavy atom. The smallest absolute Gasteiger partial charge is 0.251 e. The van der Waals surface area contributed by atoms with Gasteiger partial charge in [0.25, 0.3) is 5.91 Å². The maximum absolute atomic E-state index is 12.2. The van der Waals surface area contributed by atoms with E-state index < -0.39 is 0 Å². The minimum absolute atomic E-state index is 0.00406. The first-order valence-corrected chi connectivity index (χ1v) is 7.79. The number of nitrogens with zero attached hydrogens (tertiary/aromatic N) is 2. The number of nitrogens with one attached hydrogen (secondary N) is 2. The fraction of sp³-hybridized carbons (Fsp3) is 0.412. The van der Waals surface area contributed by atoms with E-state index in [2.05, 4.69) is 27.5 Å². The summed E-state index contributed by atoms with van der Waals surface area (Å²) in [5.41, 5.74) is 2.69. The zero-order valence-electron chi connectivity index (χ0n) is 12.9. The molecule has 5 heteroatoms. The minimum Gasteiger partial charge on any atom is -0.352 e. The molecule has 1 atom stereocenters. The van der Waals surface area contributed by atoms with Crippen molar-refractivity contribution in [3.8, 4) is 11.3 Å². The summed E-state index contributed by atoms with van der Waals surface area (Å²) in [5.74, 6) is 0.566. The van der Waals surface area contributed by atoms with Crippen molar-refractivity contribution in [2.24, 2.45) is 5.92 Å². The van der Waals surface area contributed by atoms with Gasteiger partial charge in [-0.2, -0.15) is 5.10 Å². The lowest BCUT2D eigenvalue weighted by Crippen LogP contribution is -2.39. The van der Waals surface area contributed by atoms with Crippen molar-refractivity contribution in [1.82, 2.24) is 20.4 Å². The predicted molar refractivity (Wildman–Crippen MR) is 86.6 cm³/mol. The second-order valence-electron chi connectivity index (χ2n) is 6.03. The van der Waals surface area contributed by atoms with Gasteiger partial charge in [0.1, 0.15) is 0 Å². The van der Waals surface area contributed by atoms with Crippen LogP contribution in [0.4, 0.5) is 0 Å². The fourth-order valence-electron chi connectivity index (χ4n) is 3.00. The van der Waals surface area contributed by atoms with Crippen LogP contribution in [-0.4, -0.2) is 47.7 Å². The van der Waals surface area contributed by atoms with Gasteiger partial charge >= 0.3 is 0 Å². The van der Waals surface area contributed by atoms with E-state index in [1.54, 1.807) is 6.20 Å². The summed E-state index contributed by atoms with van der Waals surface area (Å²) in [6.45, 7) is 2.99. The Hall–Kier alpha value is -2.14. The molecule has 1 fully saturated rings. The summed E-state index contributed by atoms with van der Waals surface area (Å²) in [6, 6.07) is 9.51. The van der Waals surface area contributed by atoms with Crippen molar-refractivity contribution >= 4 is 5.91 Å². The molecule has 0 aliphatic carbocycles. The number of carbonyl (C=O) groups is 1. The van der Waals surface area contributed by atoms with Crippen LogP contribution in [-0.2, 0) is 0 Å². The molecule has 3 rings (SSSR count). The second-order valence-corrected chi connectivity index (χ2v) is 6.03. The maximum Gasteiger partial charge on any atom is 0.251 e. The van der Waals surface area contributed by atoms with E-state index in [1.807, 2.05) is 30.3 Å². The molecular formula is C17H22N4O. The van der Waals surface area contributed by atoms with Crippen molar-refractivity contribution in [2.75, 3.05) is 26.7 Å². The quantitative estimate of drug-likeness (QED) is 0.909. The summed E-state index contributed by atoms with van der Waals surface area (Å²) < 4.78 is 0. The molecule has 1 aliphatic rings. The number of amides is 1. The third kappa shape index (κ3) is 3.54. The lowest BCUT2D eigenvalue weighted by Gasteiger charge is -2.29. The highest BCUT2D eigenvalue weighted by Crippen LogP contribution is 2.17. The largest absolute Gasteiger partial charge is 0.352 e. The van der Waals surface area contributed by atoms with Gasteiger partial charge < -0.3 is 10.2 Å². The zero-order chi connectivity index (χ0) is 15.4. The predicted octanol–water partition coefficient (Wildman–Crippen LogP) is 2.15. The highest BCUT2D eigenvalue weighted by atomic mass is 16.1. The lowest BCUT2D eigenvalue weighted by atomic mass is 9.98. The van der Waals surface area contributed by atoms with Crippen LogP contribution in [0.5, 0.6) is 0 Å². The van der Waals surface area contributed by atoms with Gasteiger partial charge in [-0.1, -0.05) is 12.1 Å². The van der Waals surface area contributed by atoms with Gasteiger partial charge in [-0.25, -0.2) is 0 Å². The average Bonchev–Trinajstić information content (AvgIpc) is 3.07. The van der Waals surface area contributed by atoms with Crippen LogP contribution in [0.15, 0.2) is 36.5 Å². The molecule has 0 bridgehead atoms. The molecule has 22 heavy (non-hydrogen) atoms. The minimum atomic E-state index is 0.00406. The van der Waals surface area contributed by atoms with Crippen LogP contribution in [0, 0.1) is 5.92 Å². The molecule has 0 spiro atoms. The van der Waals surface area contributed by atoms with Gasteiger partial charge in [-0.3, -0.25) is 9.89 Å². The number of benzene rings is 1. The van der Waals surface area contributed by atoms with E-state index in [1.165, 1.54) is 19.4 Å². The summed E-state index contributed by atoms with van der Waals surface area (Å²) in [5, 5.41) is 9.91. The number of hydrogen-bond donors (Lipinski definition) is 2. The first kappa shape index (κ1) is 14.8. The van der Waals surface area contributed by atoms with Crippen LogP contribution < -0.4 is 5.32 Å². The Labute approximate surface area is 130 Å². The van der Waals surface area contributed by atoms with Gasteiger partial charge in [0.2, 0.25) is 0 Å². The number of aromatic amines is 1. The monoisotopic (exact) mass is 298 g/mol. The molecule has 1 aromatic carbocycles. The van der Waals surface area contributed by atoms with Gasteiger partial charge in [0.05, 0.1) is 5.69 Å². The Morgan fingerprint density at radius 1 is 1.36 bits per heavy atom.